The Balaban J connectivity index is 2.26. The van der Waals surface area contributed by atoms with Crippen LogP contribution >= 0.6 is 0 Å². The molecule has 0 spiro atoms. The van der Waals surface area contributed by atoms with Crippen LogP contribution in [-0.2, 0) is 0 Å². The molecular weight excluding hydrogens is 172 g/mol. The van der Waals surface area contributed by atoms with Gasteiger partial charge in [0, 0.05) is 31.1 Å². The van der Waals surface area contributed by atoms with E-state index in [0.29, 0.717) is 18.1 Å². The highest BCUT2D eigenvalue weighted by Crippen LogP contribution is 2.13. The highest BCUT2D eigenvalue weighted by atomic mass is 15.2. The molecule has 1 N–H and O–H groups in total. The van der Waals surface area contributed by atoms with Gasteiger partial charge in [0.2, 0.25) is 0 Å². The lowest BCUT2D eigenvalue weighted by molar-refractivity contribution is 0.266. The highest BCUT2D eigenvalue weighted by Gasteiger charge is 2.24. The summed E-state index contributed by atoms with van der Waals surface area (Å²) in [7, 11) is 0. The second-order valence-electron chi connectivity index (χ2n) is 4.55. The maximum atomic E-state index is 5.28. The van der Waals surface area contributed by atoms with Crippen LogP contribution in [0.4, 0.5) is 0 Å². The van der Waals surface area contributed by atoms with Crippen LogP contribution in [-0.4, -0.2) is 36.1 Å². The largest absolute Gasteiger partial charge is 0.309 e. The zero-order valence-corrected chi connectivity index (χ0v) is 9.59. The summed E-state index contributed by atoms with van der Waals surface area (Å²) in [6.45, 7) is 9.07. The Kier molecular flexibility index (Phi) is 4.44. The zero-order chi connectivity index (χ0) is 10.6. The van der Waals surface area contributed by atoms with Gasteiger partial charge in [-0.25, -0.2) is 0 Å². The van der Waals surface area contributed by atoms with Crippen molar-refractivity contribution in [3.05, 3.63) is 0 Å². The van der Waals surface area contributed by atoms with Gasteiger partial charge in [-0.15, -0.1) is 12.3 Å². The molecule has 2 atom stereocenters. The Bertz CT molecular complexity index is 205. The molecular formula is C12H22N2. The molecule has 1 aliphatic heterocycles. The van der Waals surface area contributed by atoms with E-state index in [9.17, 15) is 0 Å². The first-order valence-electron chi connectivity index (χ1n) is 5.57. The molecule has 0 aromatic rings. The van der Waals surface area contributed by atoms with Crippen molar-refractivity contribution in [2.75, 3.05) is 13.1 Å². The molecule has 2 nitrogen and oxygen atoms in total. The van der Waals surface area contributed by atoms with Crippen molar-refractivity contribution in [3.8, 4) is 12.3 Å². The molecule has 0 bridgehead atoms. The SMILES string of the molecule is C#CCC(C)NC1CCN(C(C)C)C1. The monoisotopic (exact) mass is 194 g/mol. The molecule has 1 aliphatic rings. The predicted molar refractivity (Wildman–Crippen MR) is 61.2 cm³/mol. The first-order chi connectivity index (χ1) is 6.63. The van der Waals surface area contributed by atoms with E-state index in [1.165, 1.54) is 19.5 Å². The van der Waals surface area contributed by atoms with Gasteiger partial charge in [-0.2, -0.15) is 0 Å². The Morgan fingerprint density at radius 1 is 1.50 bits per heavy atom. The van der Waals surface area contributed by atoms with Crippen molar-refractivity contribution in [2.45, 2.75) is 51.7 Å². The van der Waals surface area contributed by atoms with Crippen LogP contribution in [0.5, 0.6) is 0 Å². The van der Waals surface area contributed by atoms with Crippen molar-refractivity contribution in [1.82, 2.24) is 10.2 Å². The Hall–Kier alpha value is -0.520. The smallest absolute Gasteiger partial charge is 0.0238 e. The molecule has 0 aliphatic carbocycles. The second-order valence-corrected chi connectivity index (χ2v) is 4.55. The average molecular weight is 194 g/mol. The van der Waals surface area contributed by atoms with Gasteiger partial charge in [0.15, 0.2) is 0 Å². The van der Waals surface area contributed by atoms with Gasteiger partial charge in [-0.1, -0.05) is 0 Å². The summed E-state index contributed by atoms with van der Waals surface area (Å²) in [6, 6.07) is 1.77. The van der Waals surface area contributed by atoms with Gasteiger partial charge in [0.25, 0.3) is 0 Å². The minimum atomic E-state index is 0.456. The van der Waals surface area contributed by atoms with Gasteiger partial charge >= 0.3 is 0 Å². The molecule has 2 unspecified atom stereocenters. The van der Waals surface area contributed by atoms with E-state index in [4.69, 9.17) is 6.42 Å². The van der Waals surface area contributed by atoms with E-state index in [0.717, 1.165) is 6.42 Å². The average Bonchev–Trinajstić information content (AvgIpc) is 2.53. The Labute approximate surface area is 88.1 Å². The standard InChI is InChI=1S/C12H22N2/c1-5-6-11(4)13-12-7-8-14(9-12)10(2)3/h1,10-13H,6-9H2,2-4H3. The first kappa shape index (κ1) is 11.6. The molecule has 1 fully saturated rings. The molecule has 80 valence electrons. The van der Waals surface area contributed by atoms with Crippen molar-refractivity contribution in [1.29, 1.82) is 0 Å². The molecule has 0 saturated carbocycles. The minimum Gasteiger partial charge on any atom is -0.309 e. The molecule has 1 rings (SSSR count). The quantitative estimate of drug-likeness (QED) is 0.682. The lowest BCUT2D eigenvalue weighted by Gasteiger charge is -2.22. The summed E-state index contributed by atoms with van der Waals surface area (Å²) in [6.07, 6.45) is 7.37. The van der Waals surface area contributed by atoms with E-state index < -0.39 is 0 Å². The maximum absolute atomic E-state index is 5.28. The van der Waals surface area contributed by atoms with Crippen LogP contribution in [0, 0.1) is 12.3 Å². The zero-order valence-electron chi connectivity index (χ0n) is 9.59. The molecule has 0 aromatic heterocycles. The van der Waals surface area contributed by atoms with E-state index in [2.05, 4.69) is 36.9 Å². The summed E-state index contributed by atoms with van der Waals surface area (Å²) < 4.78 is 0. The van der Waals surface area contributed by atoms with Crippen molar-refractivity contribution >= 4 is 0 Å². The Morgan fingerprint density at radius 2 is 2.21 bits per heavy atom. The van der Waals surface area contributed by atoms with Crippen LogP contribution in [0.15, 0.2) is 0 Å². The van der Waals surface area contributed by atoms with Crippen molar-refractivity contribution < 1.29 is 0 Å². The van der Waals surface area contributed by atoms with Crippen LogP contribution in [0.25, 0.3) is 0 Å². The third kappa shape index (κ3) is 3.32. The minimum absolute atomic E-state index is 0.456. The number of hydrogen-bond acceptors (Lipinski definition) is 2. The van der Waals surface area contributed by atoms with Crippen molar-refractivity contribution in [3.63, 3.8) is 0 Å². The normalized spacial score (nSPS) is 25.2. The molecule has 14 heavy (non-hydrogen) atoms. The molecule has 0 aromatic carbocycles. The molecule has 2 heteroatoms. The van der Waals surface area contributed by atoms with Crippen LogP contribution < -0.4 is 5.32 Å². The number of nitrogens with one attached hydrogen (secondary N) is 1. The van der Waals surface area contributed by atoms with Crippen LogP contribution in [0.3, 0.4) is 0 Å². The van der Waals surface area contributed by atoms with Gasteiger partial charge in [-0.3, -0.25) is 4.90 Å². The number of terminal acetylenes is 1. The van der Waals surface area contributed by atoms with E-state index >= 15 is 0 Å². The maximum Gasteiger partial charge on any atom is 0.0238 e. The third-order valence-electron chi connectivity index (χ3n) is 2.89. The third-order valence-corrected chi connectivity index (χ3v) is 2.89. The van der Waals surface area contributed by atoms with Gasteiger partial charge in [-0.05, 0) is 33.7 Å². The topological polar surface area (TPSA) is 15.3 Å². The number of hydrogen-bond donors (Lipinski definition) is 1. The Morgan fingerprint density at radius 3 is 2.71 bits per heavy atom. The van der Waals surface area contributed by atoms with E-state index in [-0.39, 0.29) is 0 Å². The van der Waals surface area contributed by atoms with E-state index in [1.807, 2.05) is 0 Å². The lowest BCUT2D eigenvalue weighted by Crippen LogP contribution is -2.39. The molecule has 1 heterocycles. The summed E-state index contributed by atoms with van der Waals surface area (Å²) in [4.78, 5) is 2.51. The fraction of sp³-hybridized carbons (Fsp3) is 0.833. The highest BCUT2D eigenvalue weighted by molar-refractivity contribution is 4.91. The van der Waals surface area contributed by atoms with Crippen LogP contribution in [0.1, 0.15) is 33.6 Å². The number of nitrogens with zero attached hydrogens (tertiary/aromatic N) is 1. The van der Waals surface area contributed by atoms with Gasteiger partial charge in [0.1, 0.15) is 0 Å². The van der Waals surface area contributed by atoms with Gasteiger partial charge in [0.05, 0.1) is 0 Å². The predicted octanol–water partition coefficient (Wildman–Crippen LogP) is 1.47. The summed E-state index contributed by atoms with van der Waals surface area (Å²) in [5, 5.41) is 3.58. The number of rotatable bonds is 4. The van der Waals surface area contributed by atoms with Crippen molar-refractivity contribution in [2.24, 2.45) is 0 Å². The fourth-order valence-electron chi connectivity index (χ4n) is 2.03. The first-order valence-corrected chi connectivity index (χ1v) is 5.57. The molecule has 0 amide bonds. The summed E-state index contributed by atoms with van der Waals surface area (Å²) in [5.41, 5.74) is 0. The summed E-state index contributed by atoms with van der Waals surface area (Å²) in [5.74, 6) is 2.70. The van der Waals surface area contributed by atoms with E-state index in [1.54, 1.807) is 0 Å². The molecule has 1 saturated heterocycles. The van der Waals surface area contributed by atoms with Gasteiger partial charge < -0.3 is 5.32 Å². The lowest BCUT2D eigenvalue weighted by atomic mass is 10.2. The fourth-order valence-corrected chi connectivity index (χ4v) is 2.03. The molecule has 0 radical (unpaired) electrons. The second kappa shape index (κ2) is 5.38. The number of likely N-dealkylation sites (tertiary alicyclic amines) is 1. The van der Waals surface area contributed by atoms with Crippen LogP contribution in [0.2, 0.25) is 0 Å². The summed E-state index contributed by atoms with van der Waals surface area (Å²) >= 11 is 0.